The second kappa shape index (κ2) is 5.61. The molecule has 0 fully saturated rings. The van der Waals surface area contributed by atoms with Gasteiger partial charge in [0.1, 0.15) is 5.75 Å². The van der Waals surface area contributed by atoms with E-state index in [1.807, 2.05) is 12.1 Å². The summed E-state index contributed by atoms with van der Waals surface area (Å²) in [7, 11) is 0. The average Bonchev–Trinajstić information content (AvgIpc) is 2.38. The van der Waals surface area contributed by atoms with Crippen molar-refractivity contribution in [1.82, 2.24) is 5.32 Å². The molecule has 0 spiro atoms. The first-order valence-corrected chi connectivity index (χ1v) is 6.71. The summed E-state index contributed by atoms with van der Waals surface area (Å²) in [4.78, 5) is 11.8. The van der Waals surface area contributed by atoms with Gasteiger partial charge in [-0.05, 0) is 57.0 Å². The molecule has 0 radical (unpaired) electrons. The highest BCUT2D eigenvalue weighted by atomic mass is 16.6. The zero-order valence-corrected chi connectivity index (χ0v) is 11.8. The fourth-order valence-electron chi connectivity index (χ4n) is 2.16. The number of esters is 1. The van der Waals surface area contributed by atoms with E-state index in [0.29, 0.717) is 12.4 Å². The third kappa shape index (κ3) is 3.26. The summed E-state index contributed by atoms with van der Waals surface area (Å²) in [5.74, 6) is 0.367. The van der Waals surface area contributed by atoms with Crippen molar-refractivity contribution in [2.75, 3.05) is 13.2 Å². The number of ether oxygens (including phenoxy) is 2. The summed E-state index contributed by atoms with van der Waals surface area (Å²) in [6.07, 6.45) is 1.04. The SMILES string of the molecule is CCOC(=O)C(C)(C)Oc1ccc2c(c1)CNCC2. The van der Waals surface area contributed by atoms with Gasteiger partial charge in [0.25, 0.3) is 0 Å². The van der Waals surface area contributed by atoms with E-state index in [1.165, 1.54) is 11.1 Å². The molecule has 1 aliphatic heterocycles. The Morgan fingerprint density at radius 2 is 2.16 bits per heavy atom. The molecule has 0 bridgehead atoms. The van der Waals surface area contributed by atoms with E-state index in [9.17, 15) is 4.79 Å². The highest BCUT2D eigenvalue weighted by Crippen LogP contribution is 2.24. The lowest BCUT2D eigenvalue weighted by molar-refractivity contribution is -0.158. The molecule has 1 aromatic carbocycles. The van der Waals surface area contributed by atoms with E-state index in [4.69, 9.17) is 9.47 Å². The number of nitrogens with one attached hydrogen (secondary N) is 1. The second-order valence-electron chi connectivity index (χ2n) is 5.19. The molecule has 1 N–H and O–H groups in total. The van der Waals surface area contributed by atoms with Crippen LogP contribution in [0.25, 0.3) is 0 Å². The fourth-order valence-corrected chi connectivity index (χ4v) is 2.16. The molecule has 0 aliphatic carbocycles. The first-order chi connectivity index (χ1) is 9.03. The smallest absolute Gasteiger partial charge is 0.349 e. The Morgan fingerprint density at radius 1 is 1.37 bits per heavy atom. The van der Waals surface area contributed by atoms with Crippen molar-refractivity contribution < 1.29 is 14.3 Å². The first-order valence-electron chi connectivity index (χ1n) is 6.71. The van der Waals surface area contributed by atoms with Crippen LogP contribution in [-0.2, 0) is 22.5 Å². The number of hydrogen-bond donors (Lipinski definition) is 1. The molecular formula is C15H21NO3. The number of fused-ring (bicyclic) bond motifs is 1. The molecule has 19 heavy (non-hydrogen) atoms. The van der Waals surface area contributed by atoms with Gasteiger partial charge in [0.05, 0.1) is 6.61 Å². The third-order valence-electron chi connectivity index (χ3n) is 3.20. The normalized spacial score (nSPS) is 14.7. The second-order valence-corrected chi connectivity index (χ2v) is 5.19. The molecule has 1 aromatic rings. The molecule has 0 unspecified atom stereocenters. The topological polar surface area (TPSA) is 47.6 Å². The zero-order chi connectivity index (χ0) is 13.9. The lowest BCUT2D eigenvalue weighted by atomic mass is 10.0. The van der Waals surface area contributed by atoms with Crippen molar-refractivity contribution in [3.8, 4) is 5.75 Å². The Balaban J connectivity index is 2.12. The lowest BCUT2D eigenvalue weighted by Gasteiger charge is -2.25. The third-order valence-corrected chi connectivity index (χ3v) is 3.20. The number of benzene rings is 1. The van der Waals surface area contributed by atoms with Crippen LogP contribution in [0.5, 0.6) is 5.75 Å². The van der Waals surface area contributed by atoms with Crippen LogP contribution in [-0.4, -0.2) is 24.7 Å². The summed E-state index contributed by atoms with van der Waals surface area (Å²) < 4.78 is 10.8. The van der Waals surface area contributed by atoms with Crippen molar-refractivity contribution in [3.63, 3.8) is 0 Å². The summed E-state index contributed by atoms with van der Waals surface area (Å²) >= 11 is 0. The van der Waals surface area contributed by atoms with Crippen LogP contribution < -0.4 is 10.1 Å². The Kier molecular flexibility index (Phi) is 4.10. The van der Waals surface area contributed by atoms with Crippen molar-refractivity contribution in [1.29, 1.82) is 0 Å². The van der Waals surface area contributed by atoms with Crippen LogP contribution >= 0.6 is 0 Å². The van der Waals surface area contributed by atoms with Gasteiger partial charge in [0.15, 0.2) is 5.60 Å². The van der Waals surface area contributed by atoms with Gasteiger partial charge in [-0.1, -0.05) is 6.07 Å². The molecule has 104 valence electrons. The van der Waals surface area contributed by atoms with E-state index in [1.54, 1.807) is 20.8 Å². The minimum absolute atomic E-state index is 0.342. The van der Waals surface area contributed by atoms with Gasteiger partial charge in [-0.2, -0.15) is 0 Å². The molecule has 0 aromatic heterocycles. The summed E-state index contributed by atoms with van der Waals surface area (Å²) in [5, 5.41) is 3.33. The first kappa shape index (κ1) is 13.9. The molecule has 4 nitrogen and oxygen atoms in total. The fraction of sp³-hybridized carbons (Fsp3) is 0.533. The standard InChI is InChI=1S/C15H21NO3/c1-4-18-14(17)15(2,3)19-13-6-5-11-7-8-16-10-12(11)9-13/h5-6,9,16H,4,7-8,10H2,1-3H3. The predicted octanol–water partition coefficient (Wildman–Crippen LogP) is 2.05. The van der Waals surface area contributed by atoms with E-state index in [-0.39, 0.29) is 5.97 Å². The molecular weight excluding hydrogens is 242 g/mol. The van der Waals surface area contributed by atoms with Crippen molar-refractivity contribution in [2.24, 2.45) is 0 Å². The van der Waals surface area contributed by atoms with Gasteiger partial charge in [0, 0.05) is 6.54 Å². The lowest BCUT2D eigenvalue weighted by Crippen LogP contribution is -2.39. The van der Waals surface area contributed by atoms with Gasteiger partial charge in [0.2, 0.25) is 0 Å². The quantitative estimate of drug-likeness (QED) is 0.845. The highest BCUT2D eigenvalue weighted by molar-refractivity contribution is 5.79. The molecule has 4 heteroatoms. The van der Waals surface area contributed by atoms with Crippen molar-refractivity contribution in [3.05, 3.63) is 29.3 Å². The largest absolute Gasteiger partial charge is 0.476 e. The van der Waals surface area contributed by atoms with Gasteiger partial charge >= 0.3 is 5.97 Å². The molecule has 2 rings (SSSR count). The van der Waals surface area contributed by atoms with Gasteiger partial charge in [-0.3, -0.25) is 0 Å². The van der Waals surface area contributed by atoms with Gasteiger partial charge in [-0.25, -0.2) is 4.79 Å². The molecule has 1 heterocycles. The maximum atomic E-state index is 11.8. The molecule has 1 aliphatic rings. The minimum Gasteiger partial charge on any atom is -0.476 e. The summed E-state index contributed by atoms with van der Waals surface area (Å²) in [6.45, 7) is 7.47. The molecule has 0 saturated heterocycles. The van der Waals surface area contributed by atoms with Crippen LogP contribution in [0.3, 0.4) is 0 Å². The molecule has 0 atom stereocenters. The van der Waals surface area contributed by atoms with E-state index in [2.05, 4.69) is 11.4 Å². The molecule has 0 amide bonds. The van der Waals surface area contributed by atoms with Gasteiger partial charge < -0.3 is 14.8 Å². The number of rotatable bonds is 4. The van der Waals surface area contributed by atoms with Crippen LogP contribution in [0.4, 0.5) is 0 Å². The number of carbonyl (C=O) groups excluding carboxylic acids is 1. The Bertz CT molecular complexity index is 468. The van der Waals surface area contributed by atoms with Crippen molar-refractivity contribution >= 4 is 5.97 Å². The van der Waals surface area contributed by atoms with Crippen LogP contribution in [0.15, 0.2) is 18.2 Å². The maximum Gasteiger partial charge on any atom is 0.349 e. The highest BCUT2D eigenvalue weighted by Gasteiger charge is 2.31. The van der Waals surface area contributed by atoms with Gasteiger partial charge in [-0.15, -0.1) is 0 Å². The predicted molar refractivity (Wildman–Crippen MR) is 73.2 cm³/mol. The number of carbonyl (C=O) groups is 1. The average molecular weight is 263 g/mol. The van der Waals surface area contributed by atoms with Crippen LogP contribution in [0, 0.1) is 0 Å². The molecule has 0 saturated carbocycles. The zero-order valence-electron chi connectivity index (χ0n) is 11.8. The van der Waals surface area contributed by atoms with E-state index in [0.717, 1.165) is 19.5 Å². The van der Waals surface area contributed by atoms with Crippen LogP contribution in [0.2, 0.25) is 0 Å². The van der Waals surface area contributed by atoms with E-state index >= 15 is 0 Å². The Labute approximate surface area is 114 Å². The van der Waals surface area contributed by atoms with Crippen LogP contribution in [0.1, 0.15) is 31.9 Å². The Morgan fingerprint density at radius 3 is 2.89 bits per heavy atom. The van der Waals surface area contributed by atoms with E-state index < -0.39 is 5.60 Å². The summed E-state index contributed by atoms with van der Waals surface area (Å²) in [5.41, 5.74) is 1.62. The maximum absolute atomic E-state index is 11.8. The van der Waals surface area contributed by atoms with Crippen molar-refractivity contribution in [2.45, 2.75) is 39.3 Å². The summed E-state index contributed by atoms with van der Waals surface area (Å²) in [6, 6.07) is 6.00. The number of hydrogen-bond acceptors (Lipinski definition) is 4. The Hall–Kier alpha value is -1.55. The monoisotopic (exact) mass is 263 g/mol. The minimum atomic E-state index is -0.966.